The molecule has 0 amide bonds. The lowest BCUT2D eigenvalue weighted by Gasteiger charge is -2.17. The van der Waals surface area contributed by atoms with Gasteiger partial charge in [0.05, 0.1) is 6.04 Å². The van der Waals surface area contributed by atoms with Crippen LogP contribution in [0.5, 0.6) is 0 Å². The number of anilines is 1. The molecule has 2 rings (SSSR count). The van der Waals surface area contributed by atoms with Crippen LogP contribution in [0.1, 0.15) is 31.0 Å². The van der Waals surface area contributed by atoms with Gasteiger partial charge in [-0.3, -0.25) is 0 Å². The molecule has 1 atom stereocenters. The van der Waals surface area contributed by atoms with Crippen LogP contribution in [0.25, 0.3) is 0 Å². The Morgan fingerprint density at radius 3 is 2.52 bits per heavy atom. The molecule has 0 radical (unpaired) electrons. The average Bonchev–Trinajstić information content (AvgIpc) is 2.48. The molecule has 0 saturated carbocycles. The van der Waals surface area contributed by atoms with Crippen molar-refractivity contribution >= 4 is 34.6 Å². The Hall–Kier alpha value is -1.58. The summed E-state index contributed by atoms with van der Waals surface area (Å²) in [6.45, 7) is 4.20. The van der Waals surface area contributed by atoms with E-state index in [1.165, 1.54) is 5.56 Å². The second-order valence-electron chi connectivity index (χ2n) is 4.93. The lowest BCUT2D eigenvalue weighted by Crippen LogP contribution is -2.30. The van der Waals surface area contributed by atoms with Gasteiger partial charge in [-0.05, 0) is 61.0 Å². The molecule has 110 valence electrons. The van der Waals surface area contributed by atoms with Crippen LogP contribution in [0, 0.1) is 0 Å². The van der Waals surface area contributed by atoms with Crippen molar-refractivity contribution < 1.29 is 0 Å². The summed E-state index contributed by atoms with van der Waals surface area (Å²) in [5, 5.41) is 7.79. The fourth-order valence-corrected chi connectivity index (χ4v) is 2.54. The zero-order valence-corrected chi connectivity index (χ0v) is 13.8. The van der Waals surface area contributed by atoms with Gasteiger partial charge in [-0.2, -0.15) is 0 Å². The SMILES string of the molecule is CCc1ccc(NC(=S)N[C@@H](C)c2cccc(Cl)c2)cc1. The Morgan fingerprint density at radius 2 is 1.90 bits per heavy atom. The first-order valence-electron chi connectivity index (χ1n) is 7.00. The Balaban J connectivity index is 1.94. The molecule has 0 spiro atoms. The summed E-state index contributed by atoms with van der Waals surface area (Å²) in [6, 6.07) is 16.2. The first kappa shape index (κ1) is 15.8. The first-order chi connectivity index (χ1) is 10.1. The average molecular weight is 319 g/mol. The maximum absolute atomic E-state index is 6.01. The molecule has 0 saturated heterocycles. The Morgan fingerprint density at radius 1 is 1.19 bits per heavy atom. The van der Waals surface area contributed by atoms with E-state index in [9.17, 15) is 0 Å². The lowest BCUT2D eigenvalue weighted by atomic mass is 10.1. The summed E-state index contributed by atoms with van der Waals surface area (Å²) in [5.41, 5.74) is 3.41. The van der Waals surface area contributed by atoms with Crippen molar-refractivity contribution in [1.29, 1.82) is 0 Å². The molecule has 4 heteroatoms. The molecule has 2 nitrogen and oxygen atoms in total. The number of thiocarbonyl (C=S) groups is 1. The van der Waals surface area contributed by atoms with Gasteiger partial charge < -0.3 is 10.6 Å². The van der Waals surface area contributed by atoms with Gasteiger partial charge in [0.2, 0.25) is 0 Å². The van der Waals surface area contributed by atoms with Gasteiger partial charge in [0, 0.05) is 10.7 Å². The van der Waals surface area contributed by atoms with E-state index in [1.807, 2.05) is 36.4 Å². The smallest absolute Gasteiger partial charge is 0.171 e. The van der Waals surface area contributed by atoms with Gasteiger partial charge in [0.25, 0.3) is 0 Å². The van der Waals surface area contributed by atoms with Crippen LogP contribution >= 0.6 is 23.8 Å². The summed E-state index contributed by atoms with van der Waals surface area (Å²) in [6.07, 6.45) is 1.04. The summed E-state index contributed by atoms with van der Waals surface area (Å²) >= 11 is 11.4. The molecule has 0 bridgehead atoms. The predicted octanol–water partition coefficient (Wildman–Crippen LogP) is 4.95. The summed E-state index contributed by atoms with van der Waals surface area (Å²) in [7, 11) is 0. The number of nitrogens with one attached hydrogen (secondary N) is 2. The van der Waals surface area contributed by atoms with E-state index in [0.29, 0.717) is 5.11 Å². The van der Waals surface area contributed by atoms with E-state index in [4.69, 9.17) is 23.8 Å². The second kappa shape index (κ2) is 7.43. The van der Waals surface area contributed by atoms with Crippen molar-refractivity contribution in [2.75, 3.05) is 5.32 Å². The zero-order valence-electron chi connectivity index (χ0n) is 12.2. The monoisotopic (exact) mass is 318 g/mol. The van der Waals surface area contributed by atoms with E-state index in [1.54, 1.807) is 0 Å². The van der Waals surface area contributed by atoms with Gasteiger partial charge >= 0.3 is 0 Å². The highest BCUT2D eigenvalue weighted by Crippen LogP contribution is 2.17. The quantitative estimate of drug-likeness (QED) is 0.780. The Bertz CT molecular complexity index is 610. The highest BCUT2D eigenvalue weighted by Gasteiger charge is 2.07. The summed E-state index contributed by atoms with van der Waals surface area (Å²) in [4.78, 5) is 0. The van der Waals surface area contributed by atoms with Gasteiger partial charge in [0.1, 0.15) is 0 Å². The standard InChI is InChI=1S/C17H19ClN2S/c1-3-13-7-9-16(10-8-13)20-17(21)19-12(2)14-5-4-6-15(18)11-14/h4-12H,3H2,1-2H3,(H2,19,20,21)/t12-/m0/s1. The van der Waals surface area contributed by atoms with Crippen molar-refractivity contribution in [3.8, 4) is 0 Å². The maximum Gasteiger partial charge on any atom is 0.171 e. The molecule has 0 fully saturated rings. The molecule has 0 heterocycles. The van der Waals surface area contributed by atoms with Gasteiger partial charge in [-0.1, -0.05) is 42.8 Å². The Kier molecular flexibility index (Phi) is 5.59. The van der Waals surface area contributed by atoms with Crippen molar-refractivity contribution in [2.24, 2.45) is 0 Å². The number of hydrogen-bond acceptors (Lipinski definition) is 1. The third kappa shape index (κ3) is 4.73. The molecule has 0 aliphatic rings. The fraction of sp³-hybridized carbons (Fsp3) is 0.235. The molecule has 2 aromatic carbocycles. The third-order valence-corrected chi connectivity index (χ3v) is 3.77. The van der Waals surface area contributed by atoms with Crippen molar-refractivity contribution in [3.63, 3.8) is 0 Å². The van der Waals surface area contributed by atoms with Crippen LogP contribution in [0.2, 0.25) is 5.02 Å². The minimum absolute atomic E-state index is 0.0959. The number of rotatable bonds is 4. The van der Waals surface area contributed by atoms with Crippen LogP contribution in [-0.4, -0.2) is 5.11 Å². The molecule has 0 unspecified atom stereocenters. The van der Waals surface area contributed by atoms with Gasteiger partial charge in [0.15, 0.2) is 5.11 Å². The molecular formula is C17H19ClN2S. The zero-order chi connectivity index (χ0) is 15.2. The largest absolute Gasteiger partial charge is 0.356 e. The number of hydrogen-bond donors (Lipinski definition) is 2. The van der Waals surface area contributed by atoms with E-state index in [-0.39, 0.29) is 6.04 Å². The molecule has 21 heavy (non-hydrogen) atoms. The fourth-order valence-electron chi connectivity index (χ4n) is 2.05. The van der Waals surface area contributed by atoms with Gasteiger partial charge in [-0.15, -0.1) is 0 Å². The van der Waals surface area contributed by atoms with Crippen LogP contribution in [0.4, 0.5) is 5.69 Å². The Labute approximate surface area is 136 Å². The van der Waals surface area contributed by atoms with E-state index in [2.05, 4.69) is 36.6 Å². The van der Waals surface area contributed by atoms with Crippen LogP contribution in [-0.2, 0) is 6.42 Å². The predicted molar refractivity (Wildman–Crippen MR) is 95.0 cm³/mol. The number of aryl methyl sites for hydroxylation is 1. The molecule has 0 aliphatic heterocycles. The molecular weight excluding hydrogens is 300 g/mol. The number of benzene rings is 2. The van der Waals surface area contributed by atoms with E-state index in [0.717, 1.165) is 22.7 Å². The van der Waals surface area contributed by atoms with Crippen LogP contribution in [0.3, 0.4) is 0 Å². The highest BCUT2D eigenvalue weighted by molar-refractivity contribution is 7.80. The minimum atomic E-state index is 0.0959. The van der Waals surface area contributed by atoms with Crippen molar-refractivity contribution in [1.82, 2.24) is 5.32 Å². The highest BCUT2D eigenvalue weighted by atomic mass is 35.5. The molecule has 0 aliphatic carbocycles. The lowest BCUT2D eigenvalue weighted by molar-refractivity contribution is 0.723. The normalized spacial score (nSPS) is 11.8. The van der Waals surface area contributed by atoms with Crippen molar-refractivity contribution in [3.05, 3.63) is 64.7 Å². The van der Waals surface area contributed by atoms with Crippen LogP contribution < -0.4 is 10.6 Å². The summed E-state index contributed by atoms with van der Waals surface area (Å²) < 4.78 is 0. The van der Waals surface area contributed by atoms with Crippen molar-refractivity contribution in [2.45, 2.75) is 26.3 Å². The summed E-state index contributed by atoms with van der Waals surface area (Å²) in [5.74, 6) is 0. The van der Waals surface area contributed by atoms with E-state index >= 15 is 0 Å². The molecule has 2 N–H and O–H groups in total. The molecule has 0 aromatic heterocycles. The third-order valence-electron chi connectivity index (χ3n) is 3.32. The minimum Gasteiger partial charge on any atom is -0.356 e. The second-order valence-corrected chi connectivity index (χ2v) is 5.77. The number of halogens is 1. The van der Waals surface area contributed by atoms with E-state index < -0.39 is 0 Å². The maximum atomic E-state index is 6.01. The topological polar surface area (TPSA) is 24.1 Å². The van der Waals surface area contributed by atoms with Crippen LogP contribution in [0.15, 0.2) is 48.5 Å². The molecule has 2 aromatic rings. The van der Waals surface area contributed by atoms with Gasteiger partial charge in [-0.25, -0.2) is 0 Å². The first-order valence-corrected chi connectivity index (χ1v) is 7.79.